The third kappa shape index (κ3) is 1.63. The normalized spacial score (nSPS) is 19.4. The van der Waals surface area contributed by atoms with Crippen molar-refractivity contribution in [3.8, 4) is 0 Å². The maximum absolute atomic E-state index is 4.23. The molecule has 1 aromatic rings. The molecule has 0 aromatic carbocycles. The van der Waals surface area contributed by atoms with Gasteiger partial charge in [0, 0.05) is 11.9 Å². The van der Waals surface area contributed by atoms with E-state index in [1.165, 1.54) is 17.7 Å². The van der Waals surface area contributed by atoms with Crippen molar-refractivity contribution < 1.29 is 0 Å². The molecule has 0 amide bonds. The zero-order valence-electron chi connectivity index (χ0n) is 8.04. The molecular formula is C10H16N2. The molecule has 2 nitrogen and oxygen atoms in total. The van der Waals surface area contributed by atoms with Crippen molar-refractivity contribution in [2.75, 3.05) is 0 Å². The van der Waals surface area contributed by atoms with E-state index in [4.69, 9.17) is 0 Å². The maximum atomic E-state index is 4.23. The van der Waals surface area contributed by atoms with Crippen molar-refractivity contribution in [1.29, 1.82) is 0 Å². The molecule has 2 heteroatoms. The number of hydrogen-bond acceptors (Lipinski definition) is 2. The maximum Gasteiger partial charge on any atom is 0.115 e. The molecule has 12 heavy (non-hydrogen) atoms. The Morgan fingerprint density at radius 3 is 2.83 bits per heavy atom. The fourth-order valence-electron chi connectivity index (χ4n) is 1.51. The van der Waals surface area contributed by atoms with Crippen LogP contribution in [0, 0.1) is 0 Å². The number of rotatable bonds is 0. The lowest BCUT2D eigenvalue weighted by molar-refractivity contribution is 0.730. The molecule has 0 aliphatic heterocycles. The first-order chi connectivity index (χ1) is 5.88. The van der Waals surface area contributed by atoms with Gasteiger partial charge in [0.1, 0.15) is 6.33 Å². The van der Waals surface area contributed by atoms with Crippen LogP contribution in [0.3, 0.4) is 0 Å². The van der Waals surface area contributed by atoms with E-state index in [1.54, 1.807) is 6.33 Å². The van der Waals surface area contributed by atoms with Gasteiger partial charge in [0.15, 0.2) is 0 Å². The topological polar surface area (TPSA) is 25.8 Å². The predicted octanol–water partition coefficient (Wildman–Crippen LogP) is 2.55. The summed E-state index contributed by atoms with van der Waals surface area (Å²) in [5.41, 5.74) is 2.60. The largest absolute Gasteiger partial charge is 0.245 e. The highest BCUT2D eigenvalue weighted by Crippen LogP contribution is 2.29. The molecule has 0 radical (unpaired) electrons. The van der Waals surface area contributed by atoms with E-state index >= 15 is 0 Å². The van der Waals surface area contributed by atoms with Crippen LogP contribution in [0.15, 0.2) is 12.5 Å². The number of fused-ring (bicyclic) bond motifs is 1. The third-order valence-electron chi connectivity index (χ3n) is 2.14. The molecule has 0 N–H and O–H groups in total. The van der Waals surface area contributed by atoms with Gasteiger partial charge in [-0.3, -0.25) is 0 Å². The Balaban J connectivity index is 0.000000336. The molecule has 1 aliphatic carbocycles. The zero-order valence-corrected chi connectivity index (χ0v) is 8.04. The molecule has 1 aromatic heterocycles. The van der Waals surface area contributed by atoms with Crippen LogP contribution >= 0.6 is 0 Å². The summed E-state index contributed by atoms with van der Waals surface area (Å²) in [5, 5.41) is 0. The summed E-state index contributed by atoms with van der Waals surface area (Å²) in [6, 6.07) is 0. The number of aromatic nitrogens is 2. The summed E-state index contributed by atoms with van der Waals surface area (Å²) < 4.78 is 0. The average Bonchev–Trinajstić information content (AvgIpc) is 2.53. The Morgan fingerprint density at radius 1 is 1.42 bits per heavy atom. The molecule has 0 fully saturated rings. The Kier molecular flexibility index (Phi) is 3.20. The minimum atomic E-state index is 0.651. The highest BCUT2D eigenvalue weighted by Gasteiger charge is 2.18. The monoisotopic (exact) mass is 164 g/mol. The van der Waals surface area contributed by atoms with Crippen molar-refractivity contribution in [3.63, 3.8) is 0 Å². The van der Waals surface area contributed by atoms with Gasteiger partial charge in [-0.1, -0.05) is 20.8 Å². The molecule has 0 saturated carbocycles. The fourth-order valence-corrected chi connectivity index (χ4v) is 1.51. The Hall–Kier alpha value is -0.920. The predicted molar refractivity (Wildman–Crippen MR) is 50.1 cm³/mol. The van der Waals surface area contributed by atoms with Gasteiger partial charge in [0.25, 0.3) is 0 Å². The quantitative estimate of drug-likeness (QED) is 0.589. The average molecular weight is 164 g/mol. The summed E-state index contributed by atoms with van der Waals surface area (Å²) in [6.07, 6.45) is 5.98. The molecule has 1 aliphatic rings. The van der Waals surface area contributed by atoms with Crippen LogP contribution in [0.25, 0.3) is 0 Å². The highest BCUT2D eigenvalue weighted by molar-refractivity contribution is 5.24. The van der Waals surface area contributed by atoms with Crippen molar-refractivity contribution >= 4 is 0 Å². The molecule has 0 spiro atoms. The van der Waals surface area contributed by atoms with E-state index < -0.39 is 0 Å². The molecule has 1 heterocycles. The smallest absolute Gasteiger partial charge is 0.115 e. The van der Waals surface area contributed by atoms with E-state index in [0.29, 0.717) is 5.92 Å². The molecule has 66 valence electrons. The van der Waals surface area contributed by atoms with Crippen LogP contribution in [-0.4, -0.2) is 9.97 Å². The number of hydrogen-bond donors (Lipinski definition) is 0. The van der Waals surface area contributed by atoms with Gasteiger partial charge >= 0.3 is 0 Å². The van der Waals surface area contributed by atoms with Gasteiger partial charge in [-0.05, 0) is 24.3 Å². The first kappa shape index (κ1) is 9.17. The second kappa shape index (κ2) is 4.19. The second-order valence-electron chi connectivity index (χ2n) is 2.87. The van der Waals surface area contributed by atoms with Crippen LogP contribution in [0.1, 0.15) is 44.4 Å². The van der Waals surface area contributed by atoms with Crippen molar-refractivity contribution in [3.05, 3.63) is 23.8 Å². The first-order valence-corrected chi connectivity index (χ1v) is 4.66. The van der Waals surface area contributed by atoms with Gasteiger partial charge in [-0.2, -0.15) is 0 Å². The summed E-state index contributed by atoms with van der Waals surface area (Å²) in [5.74, 6) is 0.651. The summed E-state index contributed by atoms with van der Waals surface area (Å²) in [6.45, 7) is 6.22. The van der Waals surface area contributed by atoms with Gasteiger partial charge in [0.05, 0.1) is 0 Å². The van der Waals surface area contributed by atoms with E-state index in [-0.39, 0.29) is 0 Å². The minimum absolute atomic E-state index is 0.651. The van der Waals surface area contributed by atoms with Crippen molar-refractivity contribution in [2.45, 2.75) is 39.5 Å². The minimum Gasteiger partial charge on any atom is -0.245 e. The summed E-state index contributed by atoms with van der Waals surface area (Å²) in [7, 11) is 0. The fraction of sp³-hybridized carbons (Fsp3) is 0.600. The lowest BCUT2D eigenvalue weighted by atomic mass is 10.1. The third-order valence-corrected chi connectivity index (χ3v) is 2.14. The molecular weight excluding hydrogens is 148 g/mol. The number of aryl methyl sites for hydroxylation is 1. The SMILES string of the molecule is CC.CC1CCc2cncnc21. The van der Waals surface area contributed by atoms with Gasteiger partial charge in [0.2, 0.25) is 0 Å². The number of nitrogens with zero attached hydrogens (tertiary/aromatic N) is 2. The molecule has 0 bridgehead atoms. The van der Waals surface area contributed by atoms with Crippen LogP contribution < -0.4 is 0 Å². The van der Waals surface area contributed by atoms with Gasteiger partial charge < -0.3 is 0 Å². The second-order valence-corrected chi connectivity index (χ2v) is 2.87. The Labute approximate surface area is 74.1 Å². The van der Waals surface area contributed by atoms with Crippen LogP contribution in [0.2, 0.25) is 0 Å². The molecule has 1 atom stereocenters. The van der Waals surface area contributed by atoms with E-state index in [9.17, 15) is 0 Å². The zero-order chi connectivity index (χ0) is 8.97. The van der Waals surface area contributed by atoms with Crippen molar-refractivity contribution in [1.82, 2.24) is 9.97 Å². The van der Waals surface area contributed by atoms with E-state index in [0.717, 1.165) is 6.42 Å². The Bertz CT molecular complexity index is 245. The summed E-state index contributed by atoms with van der Waals surface area (Å²) in [4.78, 5) is 8.21. The van der Waals surface area contributed by atoms with E-state index in [2.05, 4.69) is 16.9 Å². The molecule has 2 rings (SSSR count). The lowest BCUT2D eigenvalue weighted by Gasteiger charge is -1.99. The van der Waals surface area contributed by atoms with Gasteiger partial charge in [-0.25, -0.2) is 9.97 Å². The molecule has 0 saturated heterocycles. The van der Waals surface area contributed by atoms with Crippen LogP contribution in [0.4, 0.5) is 0 Å². The van der Waals surface area contributed by atoms with Crippen LogP contribution in [-0.2, 0) is 6.42 Å². The van der Waals surface area contributed by atoms with E-state index in [1.807, 2.05) is 20.0 Å². The van der Waals surface area contributed by atoms with Gasteiger partial charge in [-0.15, -0.1) is 0 Å². The van der Waals surface area contributed by atoms with Crippen LogP contribution in [0.5, 0.6) is 0 Å². The Morgan fingerprint density at radius 2 is 2.17 bits per heavy atom. The standard InChI is InChI=1S/C8H10N2.C2H6/c1-6-2-3-7-4-9-5-10-8(6)7;1-2/h4-6H,2-3H2,1H3;1-2H3. The molecule has 1 unspecified atom stereocenters. The summed E-state index contributed by atoms with van der Waals surface area (Å²) >= 11 is 0. The first-order valence-electron chi connectivity index (χ1n) is 4.66. The highest BCUT2D eigenvalue weighted by atomic mass is 14.8. The lowest BCUT2D eigenvalue weighted by Crippen LogP contribution is -1.91. The van der Waals surface area contributed by atoms with Crippen molar-refractivity contribution in [2.24, 2.45) is 0 Å².